The van der Waals surface area contributed by atoms with Crippen LogP contribution in [0.15, 0.2) is 18.5 Å². The van der Waals surface area contributed by atoms with E-state index in [0.717, 1.165) is 24.1 Å². The van der Waals surface area contributed by atoms with Gasteiger partial charge in [-0.3, -0.25) is 0 Å². The number of fused-ring (bicyclic) bond motifs is 1. The average molecular weight is 295 g/mol. The molecule has 1 fully saturated rings. The monoisotopic (exact) mass is 294 g/mol. The van der Waals surface area contributed by atoms with Crippen molar-refractivity contribution in [3.8, 4) is 11.5 Å². The predicted molar refractivity (Wildman–Crippen MR) is 75.5 cm³/mol. The number of nitrogens with zero attached hydrogens (tertiary/aromatic N) is 2. The van der Waals surface area contributed by atoms with Gasteiger partial charge in [0.05, 0.1) is 32.4 Å². The molecule has 1 saturated heterocycles. The zero-order valence-electron chi connectivity index (χ0n) is 11.4. The first-order valence-corrected chi connectivity index (χ1v) is 6.68. The van der Waals surface area contributed by atoms with Crippen LogP contribution in [-0.2, 0) is 4.74 Å². The Kier molecular flexibility index (Phi) is 3.40. The molecule has 2 aromatic rings. The van der Waals surface area contributed by atoms with E-state index < -0.39 is 0 Å². The van der Waals surface area contributed by atoms with E-state index in [-0.39, 0.29) is 5.41 Å². The first-order chi connectivity index (χ1) is 9.61. The molecule has 5 nitrogen and oxygen atoms in total. The molecule has 0 spiro atoms. The fraction of sp³-hybridized carbons (Fsp3) is 0.429. The zero-order chi connectivity index (χ0) is 14.2. The summed E-state index contributed by atoms with van der Waals surface area (Å²) in [5.41, 5.74) is 0.805. The van der Waals surface area contributed by atoms with Crippen molar-refractivity contribution in [1.29, 1.82) is 0 Å². The molecule has 0 unspecified atom stereocenters. The van der Waals surface area contributed by atoms with Crippen LogP contribution in [0.25, 0.3) is 10.9 Å². The van der Waals surface area contributed by atoms with Gasteiger partial charge in [0.2, 0.25) is 0 Å². The number of methoxy groups -OCH3 is 1. The van der Waals surface area contributed by atoms with Crippen LogP contribution in [0.5, 0.6) is 11.5 Å². The van der Waals surface area contributed by atoms with E-state index >= 15 is 0 Å². The molecule has 2 heterocycles. The molecular formula is C14H15ClN2O3. The van der Waals surface area contributed by atoms with Crippen LogP contribution in [0.1, 0.15) is 6.92 Å². The molecule has 3 rings (SSSR count). The van der Waals surface area contributed by atoms with Gasteiger partial charge in [-0.25, -0.2) is 9.97 Å². The third kappa shape index (κ3) is 2.39. The predicted octanol–water partition coefficient (Wildman–Crippen LogP) is 2.71. The lowest BCUT2D eigenvalue weighted by Crippen LogP contribution is -2.44. The van der Waals surface area contributed by atoms with E-state index in [1.54, 1.807) is 13.2 Å². The maximum absolute atomic E-state index is 6.06. The van der Waals surface area contributed by atoms with Gasteiger partial charge in [-0.05, 0) is 6.07 Å². The van der Waals surface area contributed by atoms with Crippen LogP contribution < -0.4 is 9.47 Å². The van der Waals surface area contributed by atoms with Gasteiger partial charge in [0.15, 0.2) is 11.5 Å². The van der Waals surface area contributed by atoms with Crippen molar-refractivity contribution < 1.29 is 14.2 Å². The molecule has 0 bridgehead atoms. The van der Waals surface area contributed by atoms with Gasteiger partial charge < -0.3 is 14.2 Å². The van der Waals surface area contributed by atoms with Crippen molar-refractivity contribution in [3.63, 3.8) is 0 Å². The number of rotatable bonds is 4. The van der Waals surface area contributed by atoms with Crippen LogP contribution in [0.2, 0.25) is 5.15 Å². The van der Waals surface area contributed by atoms with Crippen LogP contribution in [0, 0.1) is 5.41 Å². The van der Waals surface area contributed by atoms with Crippen LogP contribution in [-0.4, -0.2) is 36.9 Å². The first-order valence-electron chi connectivity index (χ1n) is 6.30. The summed E-state index contributed by atoms with van der Waals surface area (Å²) in [5.74, 6) is 1.28. The fourth-order valence-electron chi connectivity index (χ4n) is 2.09. The Morgan fingerprint density at radius 3 is 2.75 bits per heavy atom. The number of halogens is 1. The molecule has 6 heteroatoms. The highest BCUT2D eigenvalue weighted by Crippen LogP contribution is 2.35. The number of hydrogen-bond donors (Lipinski definition) is 0. The second-order valence-electron chi connectivity index (χ2n) is 5.28. The summed E-state index contributed by atoms with van der Waals surface area (Å²) in [6.45, 7) is 4.14. The van der Waals surface area contributed by atoms with E-state index in [2.05, 4.69) is 16.9 Å². The number of hydrogen-bond acceptors (Lipinski definition) is 5. The van der Waals surface area contributed by atoms with E-state index in [9.17, 15) is 0 Å². The van der Waals surface area contributed by atoms with Crippen molar-refractivity contribution in [2.24, 2.45) is 5.41 Å². The van der Waals surface area contributed by atoms with Crippen molar-refractivity contribution in [1.82, 2.24) is 9.97 Å². The van der Waals surface area contributed by atoms with Crippen molar-refractivity contribution >= 4 is 22.5 Å². The summed E-state index contributed by atoms with van der Waals surface area (Å²) in [4.78, 5) is 8.16. The lowest BCUT2D eigenvalue weighted by molar-refractivity contribution is -0.120. The molecule has 20 heavy (non-hydrogen) atoms. The average Bonchev–Trinajstić information content (AvgIpc) is 2.42. The first kappa shape index (κ1) is 13.4. The number of benzene rings is 1. The van der Waals surface area contributed by atoms with E-state index in [4.69, 9.17) is 25.8 Å². The highest BCUT2D eigenvalue weighted by molar-refractivity contribution is 6.34. The van der Waals surface area contributed by atoms with Crippen molar-refractivity contribution in [2.75, 3.05) is 26.9 Å². The smallest absolute Gasteiger partial charge is 0.163 e. The maximum atomic E-state index is 6.06. The van der Waals surface area contributed by atoms with Crippen molar-refractivity contribution in [2.45, 2.75) is 6.92 Å². The minimum atomic E-state index is 0.0727. The summed E-state index contributed by atoms with van der Waals surface area (Å²) in [5, 5.41) is 1.15. The van der Waals surface area contributed by atoms with E-state index in [1.165, 1.54) is 6.33 Å². The van der Waals surface area contributed by atoms with Gasteiger partial charge in [-0.1, -0.05) is 18.5 Å². The lowest BCUT2D eigenvalue weighted by Gasteiger charge is -2.37. The second-order valence-corrected chi connectivity index (χ2v) is 5.63. The molecule has 1 aromatic heterocycles. The van der Waals surface area contributed by atoms with Gasteiger partial charge >= 0.3 is 0 Å². The Labute approximate surface area is 121 Å². The standard InChI is InChI=1S/C14H15ClN2O3/c1-14(5-19-6-14)7-20-12-4-10-9(3-11(12)18-2)13(15)17-8-16-10/h3-4,8H,5-7H2,1-2H3. The van der Waals surface area contributed by atoms with Gasteiger partial charge in [0.25, 0.3) is 0 Å². The van der Waals surface area contributed by atoms with Crippen LogP contribution in [0.4, 0.5) is 0 Å². The van der Waals surface area contributed by atoms with Crippen molar-refractivity contribution in [3.05, 3.63) is 23.6 Å². The second kappa shape index (κ2) is 5.07. The SMILES string of the molecule is COc1cc2c(Cl)ncnc2cc1OCC1(C)COC1. The summed E-state index contributed by atoms with van der Waals surface area (Å²) >= 11 is 6.06. The third-order valence-electron chi connectivity index (χ3n) is 3.35. The summed E-state index contributed by atoms with van der Waals surface area (Å²) in [7, 11) is 1.60. The van der Waals surface area contributed by atoms with Gasteiger partial charge in [-0.15, -0.1) is 0 Å². The Hall–Kier alpha value is -1.59. The third-order valence-corrected chi connectivity index (χ3v) is 3.65. The molecule has 0 saturated carbocycles. The summed E-state index contributed by atoms with van der Waals surface area (Å²) in [6.07, 6.45) is 1.43. The normalized spacial score (nSPS) is 16.8. The Morgan fingerprint density at radius 2 is 2.10 bits per heavy atom. The Morgan fingerprint density at radius 1 is 1.30 bits per heavy atom. The lowest BCUT2D eigenvalue weighted by atomic mass is 9.90. The molecule has 106 valence electrons. The molecule has 0 atom stereocenters. The molecule has 0 aliphatic carbocycles. The zero-order valence-corrected chi connectivity index (χ0v) is 12.1. The van der Waals surface area contributed by atoms with Gasteiger partial charge in [0, 0.05) is 16.9 Å². The topological polar surface area (TPSA) is 53.5 Å². The maximum Gasteiger partial charge on any atom is 0.163 e. The quantitative estimate of drug-likeness (QED) is 0.812. The van der Waals surface area contributed by atoms with Crippen LogP contribution >= 0.6 is 11.6 Å². The van der Waals surface area contributed by atoms with E-state index in [1.807, 2.05) is 6.07 Å². The minimum Gasteiger partial charge on any atom is -0.493 e. The highest BCUT2D eigenvalue weighted by Gasteiger charge is 2.34. The molecule has 1 aromatic carbocycles. The molecule has 0 radical (unpaired) electrons. The molecule has 1 aliphatic heterocycles. The Bertz CT molecular complexity index is 644. The molecular weight excluding hydrogens is 280 g/mol. The Balaban J connectivity index is 1.92. The number of aromatic nitrogens is 2. The fourth-order valence-corrected chi connectivity index (χ4v) is 2.29. The molecule has 0 N–H and O–H groups in total. The summed E-state index contributed by atoms with van der Waals surface area (Å²) < 4.78 is 16.4. The molecule has 1 aliphatic rings. The minimum absolute atomic E-state index is 0.0727. The highest BCUT2D eigenvalue weighted by atomic mass is 35.5. The van der Waals surface area contributed by atoms with Gasteiger partial charge in [-0.2, -0.15) is 0 Å². The van der Waals surface area contributed by atoms with E-state index in [0.29, 0.717) is 23.3 Å². The molecule has 0 amide bonds. The largest absolute Gasteiger partial charge is 0.493 e. The van der Waals surface area contributed by atoms with Crippen LogP contribution in [0.3, 0.4) is 0 Å². The van der Waals surface area contributed by atoms with Gasteiger partial charge in [0.1, 0.15) is 11.5 Å². The summed E-state index contributed by atoms with van der Waals surface area (Å²) in [6, 6.07) is 3.62. The number of ether oxygens (including phenoxy) is 3.